The fourth-order valence-electron chi connectivity index (χ4n) is 3.25. The van der Waals surface area contributed by atoms with Gasteiger partial charge in [-0.2, -0.15) is 0 Å². The standard InChI is InChI=1S/C21H32F5NO3/c1-2-3-4-5-6-7-8-11-14(30-21(28)29)12-9-10-13-27-20-18(25)16(23)15(22)17(24)19(20)26/h14,21,27-29H,2-13H2,1H3. The monoisotopic (exact) mass is 441 g/mol. The first-order valence-corrected chi connectivity index (χ1v) is 10.6. The van der Waals surface area contributed by atoms with Crippen molar-refractivity contribution in [1.29, 1.82) is 0 Å². The predicted molar refractivity (Wildman–Crippen MR) is 104 cm³/mol. The third kappa shape index (κ3) is 9.14. The number of nitrogens with one attached hydrogen (secondary N) is 1. The van der Waals surface area contributed by atoms with Crippen molar-refractivity contribution in [2.24, 2.45) is 0 Å². The molecule has 0 bridgehead atoms. The van der Waals surface area contributed by atoms with Crippen molar-refractivity contribution >= 4 is 5.69 Å². The van der Waals surface area contributed by atoms with Crippen LogP contribution in [0, 0.1) is 29.1 Å². The molecule has 0 fully saturated rings. The Balaban J connectivity index is 2.36. The minimum Gasteiger partial charge on any atom is -0.380 e. The maximum Gasteiger partial charge on any atom is 0.266 e. The van der Waals surface area contributed by atoms with E-state index >= 15 is 0 Å². The minimum absolute atomic E-state index is 0.00974. The molecule has 4 nitrogen and oxygen atoms in total. The molecule has 9 heteroatoms. The van der Waals surface area contributed by atoms with Crippen LogP contribution in [0.1, 0.15) is 77.6 Å². The fourth-order valence-corrected chi connectivity index (χ4v) is 3.25. The first kappa shape index (κ1) is 26.6. The summed E-state index contributed by atoms with van der Waals surface area (Å²) in [6.07, 6.45) is 9.43. The largest absolute Gasteiger partial charge is 0.380 e. The zero-order valence-corrected chi connectivity index (χ0v) is 17.3. The highest BCUT2D eigenvalue weighted by Crippen LogP contribution is 2.27. The van der Waals surface area contributed by atoms with Gasteiger partial charge < -0.3 is 20.3 Å². The van der Waals surface area contributed by atoms with E-state index in [4.69, 9.17) is 14.9 Å². The second kappa shape index (κ2) is 14.5. The molecular formula is C21H32F5NO3. The third-order valence-corrected chi connectivity index (χ3v) is 4.91. The summed E-state index contributed by atoms with van der Waals surface area (Å²) in [7, 11) is 0. The number of benzene rings is 1. The lowest BCUT2D eigenvalue weighted by atomic mass is 10.0. The molecule has 0 saturated carbocycles. The molecule has 0 radical (unpaired) electrons. The van der Waals surface area contributed by atoms with Crippen LogP contribution in [0.25, 0.3) is 0 Å². The van der Waals surface area contributed by atoms with Crippen molar-refractivity contribution in [3.05, 3.63) is 29.1 Å². The molecule has 0 aliphatic carbocycles. The van der Waals surface area contributed by atoms with Gasteiger partial charge in [-0.3, -0.25) is 0 Å². The van der Waals surface area contributed by atoms with Gasteiger partial charge in [0.2, 0.25) is 5.82 Å². The highest BCUT2D eigenvalue weighted by atomic mass is 19.2. The molecule has 0 amide bonds. The van der Waals surface area contributed by atoms with Gasteiger partial charge in [-0.15, -0.1) is 0 Å². The highest BCUT2D eigenvalue weighted by Gasteiger charge is 2.25. The Kier molecular flexibility index (Phi) is 12.9. The molecule has 0 aromatic heterocycles. The Hall–Kier alpha value is -1.45. The fraction of sp³-hybridized carbons (Fsp3) is 0.714. The molecule has 3 N–H and O–H groups in total. The number of aliphatic hydroxyl groups excluding tert-OH is 1. The van der Waals surface area contributed by atoms with Crippen molar-refractivity contribution < 1.29 is 36.9 Å². The summed E-state index contributed by atoms with van der Waals surface area (Å²) < 4.78 is 71.6. The molecule has 1 rings (SSSR count). The molecule has 30 heavy (non-hydrogen) atoms. The molecule has 0 saturated heterocycles. The van der Waals surface area contributed by atoms with Gasteiger partial charge >= 0.3 is 0 Å². The number of ether oxygens (including phenoxy) is 1. The third-order valence-electron chi connectivity index (χ3n) is 4.91. The second-order valence-electron chi connectivity index (χ2n) is 7.36. The van der Waals surface area contributed by atoms with E-state index in [0.717, 1.165) is 19.3 Å². The van der Waals surface area contributed by atoms with Crippen LogP contribution in [-0.4, -0.2) is 29.3 Å². The Labute approximate surface area is 174 Å². The average Bonchev–Trinajstić information content (AvgIpc) is 2.71. The van der Waals surface area contributed by atoms with E-state index in [1.165, 1.54) is 25.7 Å². The van der Waals surface area contributed by atoms with Crippen LogP contribution in [0.3, 0.4) is 0 Å². The van der Waals surface area contributed by atoms with E-state index < -0.39 is 41.2 Å². The van der Waals surface area contributed by atoms with Crippen LogP contribution in [0.2, 0.25) is 0 Å². The molecule has 174 valence electrons. The van der Waals surface area contributed by atoms with Gasteiger partial charge in [0, 0.05) is 6.54 Å². The molecule has 1 aromatic rings. The van der Waals surface area contributed by atoms with Crippen molar-refractivity contribution in [3.63, 3.8) is 0 Å². The maximum absolute atomic E-state index is 13.6. The van der Waals surface area contributed by atoms with Gasteiger partial charge in [-0.05, 0) is 25.7 Å². The van der Waals surface area contributed by atoms with Crippen molar-refractivity contribution in [2.45, 2.75) is 90.1 Å². The first-order valence-electron chi connectivity index (χ1n) is 10.6. The summed E-state index contributed by atoms with van der Waals surface area (Å²) in [5, 5.41) is 20.3. The number of unbranched alkanes of at least 4 members (excludes halogenated alkanes) is 7. The predicted octanol–water partition coefficient (Wildman–Crippen LogP) is 5.76. The van der Waals surface area contributed by atoms with Gasteiger partial charge in [0.05, 0.1) is 6.10 Å². The summed E-state index contributed by atoms with van der Waals surface area (Å²) >= 11 is 0. The first-order chi connectivity index (χ1) is 14.3. The van der Waals surface area contributed by atoms with Gasteiger partial charge in [0.15, 0.2) is 23.3 Å². The molecule has 0 heterocycles. The summed E-state index contributed by atoms with van der Waals surface area (Å²) in [5.41, 5.74) is -1.05. The molecule has 1 atom stereocenters. The number of halogens is 5. The summed E-state index contributed by atoms with van der Waals surface area (Å²) in [6.45, 7) is 0.261. The Bertz CT molecular complexity index is 602. The number of aliphatic hydroxyl groups is 2. The van der Waals surface area contributed by atoms with Crippen LogP contribution in [0.15, 0.2) is 0 Å². The van der Waals surface area contributed by atoms with E-state index in [1.54, 1.807) is 0 Å². The van der Waals surface area contributed by atoms with Gasteiger partial charge in [0.25, 0.3) is 6.48 Å². The highest BCUT2D eigenvalue weighted by molar-refractivity contribution is 5.47. The molecule has 0 aliphatic heterocycles. The van der Waals surface area contributed by atoms with E-state index in [9.17, 15) is 22.0 Å². The lowest BCUT2D eigenvalue weighted by Gasteiger charge is -2.19. The van der Waals surface area contributed by atoms with Crippen molar-refractivity contribution in [3.8, 4) is 0 Å². The zero-order valence-electron chi connectivity index (χ0n) is 17.3. The van der Waals surface area contributed by atoms with E-state index in [0.29, 0.717) is 25.7 Å². The molecule has 0 aliphatic rings. The Morgan fingerprint density at radius 3 is 1.70 bits per heavy atom. The SMILES string of the molecule is CCCCCCCCCC(CCCCNc1c(F)c(F)c(F)c(F)c1F)OC(O)O. The minimum atomic E-state index is -2.19. The summed E-state index contributed by atoms with van der Waals surface area (Å²) in [6, 6.07) is 0. The zero-order chi connectivity index (χ0) is 22.5. The van der Waals surface area contributed by atoms with Gasteiger partial charge in [0.1, 0.15) is 5.69 Å². The van der Waals surface area contributed by atoms with E-state index in [2.05, 4.69) is 12.2 Å². The normalized spacial score (nSPS) is 12.6. The topological polar surface area (TPSA) is 61.7 Å². The lowest BCUT2D eigenvalue weighted by Crippen LogP contribution is -2.22. The molecular weight excluding hydrogens is 409 g/mol. The van der Waals surface area contributed by atoms with Crippen LogP contribution in [0.4, 0.5) is 27.6 Å². The Morgan fingerprint density at radius 1 is 0.700 bits per heavy atom. The number of anilines is 1. The van der Waals surface area contributed by atoms with Crippen molar-refractivity contribution in [2.75, 3.05) is 11.9 Å². The maximum atomic E-state index is 13.6. The summed E-state index contributed by atoms with van der Waals surface area (Å²) in [4.78, 5) is 0. The average molecular weight is 441 g/mol. The van der Waals surface area contributed by atoms with Crippen molar-refractivity contribution in [1.82, 2.24) is 0 Å². The quantitative estimate of drug-likeness (QED) is 0.100. The van der Waals surface area contributed by atoms with E-state index in [1.807, 2.05) is 0 Å². The van der Waals surface area contributed by atoms with Crippen LogP contribution < -0.4 is 5.32 Å². The molecule has 1 unspecified atom stereocenters. The van der Waals surface area contributed by atoms with E-state index in [-0.39, 0.29) is 12.6 Å². The Morgan fingerprint density at radius 2 is 1.17 bits per heavy atom. The van der Waals surface area contributed by atoms with Crippen LogP contribution in [-0.2, 0) is 4.74 Å². The van der Waals surface area contributed by atoms with Crippen LogP contribution >= 0.6 is 0 Å². The number of rotatable bonds is 16. The summed E-state index contributed by atoms with van der Waals surface area (Å²) in [5.74, 6) is -9.96. The van der Waals surface area contributed by atoms with Gasteiger partial charge in [-0.25, -0.2) is 22.0 Å². The smallest absolute Gasteiger partial charge is 0.266 e. The molecule has 1 aromatic carbocycles. The number of hydrogen-bond acceptors (Lipinski definition) is 4. The second-order valence-corrected chi connectivity index (χ2v) is 7.36. The molecule has 0 spiro atoms. The lowest BCUT2D eigenvalue weighted by molar-refractivity contribution is -0.257. The van der Waals surface area contributed by atoms with Crippen LogP contribution in [0.5, 0.6) is 0 Å². The van der Waals surface area contributed by atoms with Gasteiger partial charge in [-0.1, -0.05) is 51.9 Å². The number of hydrogen-bond donors (Lipinski definition) is 3.